The highest BCUT2D eigenvalue weighted by Gasteiger charge is 2.48. The standard InChI is InChI=1S/C27H32FN3O2S/c1-3-21-14-22-24(34-21)15-23-25(32)31(16-18-10-12-19(28)13-11-18)27(2,17-30(22)23)26(33)29-20-8-6-4-5-7-9-20/h10-15,20H,3-9,16-17H2,1-2H3,(H,29,33)/t27-/m0/s1. The van der Waals surface area contributed by atoms with E-state index >= 15 is 0 Å². The summed E-state index contributed by atoms with van der Waals surface area (Å²) in [5, 5.41) is 3.30. The molecule has 1 aliphatic carbocycles. The third kappa shape index (κ3) is 4.15. The van der Waals surface area contributed by atoms with Gasteiger partial charge in [0.1, 0.15) is 17.1 Å². The van der Waals surface area contributed by atoms with Crippen LogP contribution in [0.15, 0.2) is 36.4 Å². The third-order valence-corrected chi connectivity index (χ3v) is 8.66. The molecule has 3 aromatic rings. The number of hydrogen-bond donors (Lipinski definition) is 1. The number of carbonyl (C=O) groups is 2. The monoisotopic (exact) mass is 481 g/mol. The molecule has 34 heavy (non-hydrogen) atoms. The molecule has 7 heteroatoms. The molecule has 1 aromatic carbocycles. The Labute approximate surface area is 203 Å². The van der Waals surface area contributed by atoms with Gasteiger partial charge in [-0.1, -0.05) is 44.7 Å². The topological polar surface area (TPSA) is 54.3 Å². The lowest BCUT2D eigenvalue weighted by Crippen LogP contribution is -2.64. The molecule has 2 aromatic heterocycles. The van der Waals surface area contributed by atoms with Crippen LogP contribution in [-0.2, 0) is 24.3 Å². The maximum atomic E-state index is 13.9. The van der Waals surface area contributed by atoms with E-state index in [4.69, 9.17) is 0 Å². The van der Waals surface area contributed by atoms with Gasteiger partial charge in [0, 0.05) is 17.5 Å². The van der Waals surface area contributed by atoms with E-state index < -0.39 is 5.54 Å². The summed E-state index contributed by atoms with van der Waals surface area (Å²) in [6.45, 7) is 4.66. The molecule has 2 aliphatic rings. The van der Waals surface area contributed by atoms with Gasteiger partial charge in [-0.15, -0.1) is 11.3 Å². The van der Waals surface area contributed by atoms with Crippen molar-refractivity contribution in [3.63, 3.8) is 0 Å². The molecular formula is C27H32FN3O2S. The van der Waals surface area contributed by atoms with Crippen molar-refractivity contribution in [2.75, 3.05) is 0 Å². The first kappa shape index (κ1) is 23.1. The summed E-state index contributed by atoms with van der Waals surface area (Å²) in [7, 11) is 0. The maximum absolute atomic E-state index is 13.9. The highest BCUT2D eigenvalue weighted by Crippen LogP contribution is 2.37. The Morgan fingerprint density at radius 3 is 2.53 bits per heavy atom. The van der Waals surface area contributed by atoms with Crippen LogP contribution in [0.1, 0.15) is 73.3 Å². The van der Waals surface area contributed by atoms with Crippen molar-refractivity contribution in [2.45, 2.75) is 83.5 Å². The molecule has 180 valence electrons. The minimum absolute atomic E-state index is 0.103. The van der Waals surface area contributed by atoms with Gasteiger partial charge in [0.05, 0.1) is 16.8 Å². The largest absolute Gasteiger partial charge is 0.351 e. The number of nitrogens with one attached hydrogen (secondary N) is 1. The van der Waals surface area contributed by atoms with Crippen molar-refractivity contribution in [3.8, 4) is 0 Å². The summed E-state index contributed by atoms with van der Waals surface area (Å²) in [5.74, 6) is -0.577. The fourth-order valence-corrected chi connectivity index (χ4v) is 6.39. The maximum Gasteiger partial charge on any atom is 0.271 e. The minimum atomic E-state index is -1.05. The highest BCUT2D eigenvalue weighted by atomic mass is 32.1. The smallest absolute Gasteiger partial charge is 0.271 e. The molecule has 1 saturated carbocycles. The lowest BCUT2D eigenvalue weighted by atomic mass is 9.93. The van der Waals surface area contributed by atoms with Crippen LogP contribution in [-0.4, -0.2) is 32.9 Å². The fraction of sp³-hybridized carbons (Fsp3) is 0.481. The second kappa shape index (κ2) is 9.17. The quantitative estimate of drug-likeness (QED) is 0.478. The second-order valence-electron chi connectivity index (χ2n) is 9.89. The van der Waals surface area contributed by atoms with Crippen LogP contribution in [0.4, 0.5) is 4.39 Å². The first-order chi connectivity index (χ1) is 16.4. The van der Waals surface area contributed by atoms with Crippen LogP contribution in [0, 0.1) is 5.82 Å². The number of carbonyl (C=O) groups excluding carboxylic acids is 2. The van der Waals surface area contributed by atoms with E-state index in [1.807, 2.05) is 17.6 Å². The summed E-state index contributed by atoms with van der Waals surface area (Å²) in [6, 6.07) is 10.4. The predicted molar refractivity (Wildman–Crippen MR) is 134 cm³/mol. The number of fused-ring (bicyclic) bond motifs is 3. The molecule has 1 aliphatic heterocycles. The number of aromatic nitrogens is 1. The Morgan fingerprint density at radius 2 is 1.85 bits per heavy atom. The number of thiophene rings is 1. The SMILES string of the molecule is CCc1cc2c(cc3n2C[C@@](C)(C(=O)NC2CCCCCC2)N(Cc2ccc(F)cc2)C3=O)s1. The molecule has 0 unspecified atom stereocenters. The van der Waals surface area contributed by atoms with E-state index in [9.17, 15) is 14.0 Å². The minimum Gasteiger partial charge on any atom is -0.351 e. The van der Waals surface area contributed by atoms with Crippen LogP contribution in [0.2, 0.25) is 0 Å². The van der Waals surface area contributed by atoms with Gasteiger partial charge >= 0.3 is 0 Å². The van der Waals surface area contributed by atoms with E-state index in [0.29, 0.717) is 12.2 Å². The van der Waals surface area contributed by atoms with Gasteiger partial charge in [-0.2, -0.15) is 0 Å². The van der Waals surface area contributed by atoms with Gasteiger partial charge in [0.25, 0.3) is 5.91 Å². The van der Waals surface area contributed by atoms with E-state index in [2.05, 4.69) is 18.3 Å². The molecule has 1 atom stereocenters. The lowest BCUT2D eigenvalue weighted by Gasteiger charge is -2.44. The summed E-state index contributed by atoms with van der Waals surface area (Å²) in [4.78, 5) is 30.6. The molecule has 1 N–H and O–H groups in total. The first-order valence-corrected chi connectivity index (χ1v) is 13.2. The number of benzene rings is 1. The Bertz CT molecular complexity index is 1210. The number of aryl methyl sites for hydroxylation is 1. The summed E-state index contributed by atoms with van der Waals surface area (Å²) in [5.41, 5.74) is 1.40. The van der Waals surface area contributed by atoms with Crippen LogP contribution in [0.25, 0.3) is 10.2 Å². The van der Waals surface area contributed by atoms with E-state index in [1.165, 1.54) is 29.9 Å². The van der Waals surface area contributed by atoms with Crippen LogP contribution in [0.3, 0.4) is 0 Å². The van der Waals surface area contributed by atoms with Crippen molar-refractivity contribution in [1.82, 2.24) is 14.8 Å². The molecule has 3 heterocycles. The molecule has 1 fully saturated rings. The summed E-state index contributed by atoms with van der Waals surface area (Å²) >= 11 is 1.71. The Balaban J connectivity index is 1.52. The molecule has 0 spiro atoms. The zero-order chi connectivity index (χ0) is 23.9. The van der Waals surface area contributed by atoms with Crippen molar-refractivity contribution in [2.24, 2.45) is 0 Å². The lowest BCUT2D eigenvalue weighted by molar-refractivity contribution is -0.134. The number of amides is 2. The molecule has 0 saturated heterocycles. The Hall–Kier alpha value is -2.67. The number of nitrogens with zero attached hydrogens (tertiary/aromatic N) is 2. The second-order valence-corrected chi connectivity index (χ2v) is 11.1. The number of hydrogen-bond acceptors (Lipinski definition) is 3. The zero-order valence-electron chi connectivity index (χ0n) is 19.9. The first-order valence-electron chi connectivity index (χ1n) is 12.4. The van der Waals surface area contributed by atoms with Crippen molar-refractivity contribution in [1.29, 1.82) is 0 Å². The number of halogens is 1. The van der Waals surface area contributed by atoms with Crippen LogP contribution < -0.4 is 5.32 Å². The van der Waals surface area contributed by atoms with E-state index in [0.717, 1.165) is 47.9 Å². The Morgan fingerprint density at radius 1 is 1.15 bits per heavy atom. The molecular weight excluding hydrogens is 449 g/mol. The van der Waals surface area contributed by atoms with E-state index in [-0.39, 0.29) is 30.2 Å². The third-order valence-electron chi connectivity index (χ3n) is 7.45. The van der Waals surface area contributed by atoms with Crippen LogP contribution >= 0.6 is 11.3 Å². The fourth-order valence-electron chi connectivity index (χ4n) is 5.35. The highest BCUT2D eigenvalue weighted by molar-refractivity contribution is 7.19. The van der Waals surface area contributed by atoms with Gasteiger partial charge in [-0.05, 0) is 56.0 Å². The average Bonchev–Trinajstić information content (AvgIpc) is 3.26. The van der Waals surface area contributed by atoms with Gasteiger partial charge in [0.2, 0.25) is 5.91 Å². The van der Waals surface area contributed by atoms with Gasteiger partial charge < -0.3 is 14.8 Å². The molecule has 5 nitrogen and oxygen atoms in total. The predicted octanol–water partition coefficient (Wildman–Crippen LogP) is 5.66. The van der Waals surface area contributed by atoms with Crippen molar-refractivity contribution in [3.05, 3.63) is 58.3 Å². The molecule has 5 rings (SSSR count). The van der Waals surface area contributed by atoms with Gasteiger partial charge in [-0.3, -0.25) is 9.59 Å². The molecule has 0 bridgehead atoms. The number of rotatable bonds is 5. The van der Waals surface area contributed by atoms with Crippen molar-refractivity contribution < 1.29 is 14.0 Å². The normalized spacial score (nSPS) is 21.5. The molecule has 2 amide bonds. The van der Waals surface area contributed by atoms with Crippen molar-refractivity contribution >= 4 is 33.4 Å². The van der Waals surface area contributed by atoms with Crippen LogP contribution in [0.5, 0.6) is 0 Å². The molecule has 0 radical (unpaired) electrons. The zero-order valence-corrected chi connectivity index (χ0v) is 20.7. The van der Waals surface area contributed by atoms with Gasteiger partial charge in [0.15, 0.2) is 0 Å². The average molecular weight is 482 g/mol. The Kier molecular flexibility index (Phi) is 6.23. The summed E-state index contributed by atoms with van der Waals surface area (Å²) < 4.78 is 16.6. The summed E-state index contributed by atoms with van der Waals surface area (Å²) in [6.07, 6.45) is 7.57. The van der Waals surface area contributed by atoms with Gasteiger partial charge in [-0.25, -0.2) is 4.39 Å². The van der Waals surface area contributed by atoms with E-state index in [1.54, 1.807) is 28.4 Å².